The van der Waals surface area contributed by atoms with Crippen LogP contribution in [0.4, 0.5) is 4.79 Å². The van der Waals surface area contributed by atoms with Gasteiger partial charge >= 0.3 is 6.03 Å². The number of carbonyl (C=O) groups excluding carboxylic acids is 1. The van der Waals surface area contributed by atoms with Crippen LogP contribution in [-0.4, -0.2) is 39.1 Å². The van der Waals surface area contributed by atoms with Crippen LogP contribution in [0.25, 0.3) is 0 Å². The first-order chi connectivity index (χ1) is 10.3. The van der Waals surface area contributed by atoms with E-state index in [-0.39, 0.29) is 29.6 Å². The smallest absolute Gasteiger partial charge is 0.315 e. The highest BCUT2D eigenvalue weighted by Crippen LogP contribution is 2.26. The van der Waals surface area contributed by atoms with Gasteiger partial charge in [0.05, 0.1) is 24.7 Å². The lowest BCUT2D eigenvalue weighted by Crippen LogP contribution is -2.43. The third kappa shape index (κ3) is 4.13. The molecule has 1 aromatic rings. The second-order valence-corrected chi connectivity index (χ2v) is 7.91. The zero-order chi connectivity index (χ0) is 16.3. The van der Waals surface area contributed by atoms with Crippen molar-refractivity contribution in [3.8, 4) is 5.75 Å². The third-order valence-corrected chi connectivity index (χ3v) is 5.53. The summed E-state index contributed by atoms with van der Waals surface area (Å²) in [5.74, 6) is 0.865. The lowest BCUT2D eigenvalue weighted by Gasteiger charge is -2.19. The molecule has 2 rings (SSSR count). The van der Waals surface area contributed by atoms with E-state index in [1.54, 1.807) is 7.11 Å². The SMILES string of the molecule is COc1ccc(C)cc1C(C)NC(=O)NC1CCS(=O)(=O)C1. The van der Waals surface area contributed by atoms with Crippen molar-refractivity contribution in [2.24, 2.45) is 0 Å². The van der Waals surface area contributed by atoms with Gasteiger partial charge in [-0.25, -0.2) is 13.2 Å². The summed E-state index contributed by atoms with van der Waals surface area (Å²) in [7, 11) is -1.41. The topological polar surface area (TPSA) is 84.5 Å². The van der Waals surface area contributed by atoms with Crippen LogP contribution in [0.2, 0.25) is 0 Å². The van der Waals surface area contributed by atoms with Crippen LogP contribution in [-0.2, 0) is 9.84 Å². The van der Waals surface area contributed by atoms with Crippen LogP contribution in [0.15, 0.2) is 18.2 Å². The molecule has 2 N–H and O–H groups in total. The van der Waals surface area contributed by atoms with Crippen LogP contribution in [0.1, 0.15) is 30.5 Å². The highest BCUT2D eigenvalue weighted by atomic mass is 32.2. The minimum absolute atomic E-state index is 0.0164. The fraction of sp³-hybridized carbons (Fsp3) is 0.533. The molecule has 22 heavy (non-hydrogen) atoms. The summed E-state index contributed by atoms with van der Waals surface area (Å²) in [5.41, 5.74) is 1.96. The summed E-state index contributed by atoms with van der Waals surface area (Å²) >= 11 is 0. The van der Waals surface area contributed by atoms with Gasteiger partial charge in [0.25, 0.3) is 0 Å². The maximum absolute atomic E-state index is 12.0. The molecule has 0 aliphatic carbocycles. The normalized spacial score (nSPS) is 21.1. The first-order valence-electron chi connectivity index (χ1n) is 7.23. The molecule has 1 saturated heterocycles. The molecule has 0 bridgehead atoms. The van der Waals surface area contributed by atoms with E-state index < -0.39 is 9.84 Å². The van der Waals surface area contributed by atoms with Crippen molar-refractivity contribution in [1.29, 1.82) is 0 Å². The lowest BCUT2D eigenvalue weighted by molar-refractivity contribution is 0.234. The Morgan fingerprint density at radius 3 is 2.73 bits per heavy atom. The number of nitrogens with one attached hydrogen (secondary N) is 2. The number of hydrogen-bond acceptors (Lipinski definition) is 4. The first-order valence-corrected chi connectivity index (χ1v) is 9.05. The van der Waals surface area contributed by atoms with Crippen molar-refractivity contribution >= 4 is 15.9 Å². The lowest BCUT2D eigenvalue weighted by atomic mass is 10.0. The predicted molar refractivity (Wildman–Crippen MR) is 84.9 cm³/mol. The van der Waals surface area contributed by atoms with Gasteiger partial charge in [-0.05, 0) is 26.3 Å². The second kappa shape index (κ2) is 6.56. The van der Waals surface area contributed by atoms with E-state index in [4.69, 9.17) is 4.74 Å². The fourth-order valence-corrected chi connectivity index (χ4v) is 4.28. The number of amides is 2. The molecular formula is C15H22N2O4S. The van der Waals surface area contributed by atoms with Crippen LogP contribution in [0, 0.1) is 6.92 Å². The van der Waals surface area contributed by atoms with E-state index in [0.717, 1.165) is 11.1 Å². The van der Waals surface area contributed by atoms with E-state index >= 15 is 0 Å². The summed E-state index contributed by atoms with van der Waals surface area (Å²) in [6, 6.07) is 4.86. The Bertz CT molecular complexity index is 658. The van der Waals surface area contributed by atoms with Gasteiger partial charge in [-0.15, -0.1) is 0 Å². The van der Waals surface area contributed by atoms with E-state index in [1.807, 2.05) is 32.0 Å². The first kappa shape index (κ1) is 16.6. The second-order valence-electron chi connectivity index (χ2n) is 5.68. The maximum Gasteiger partial charge on any atom is 0.315 e. The standard InChI is InChI=1S/C15H22N2O4S/c1-10-4-5-14(21-3)13(8-10)11(2)16-15(18)17-12-6-7-22(19,20)9-12/h4-5,8,11-12H,6-7,9H2,1-3H3,(H2,16,17,18). The minimum atomic E-state index is -3.00. The number of rotatable bonds is 4. The molecule has 0 aromatic heterocycles. The largest absolute Gasteiger partial charge is 0.496 e. The number of sulfone groups is 1. The Hall–Kier alpha value is -1.76. The molecule has 1 fully saturated rings. The number of urea groups is 1. The van der Waals surface area contributed by atoms with Gasteiger partial charge in [0.15, 0.2) is 9.84 Å². The van der Waals surface area contributed by atoms with Crippen molar-refractivity contribution in [3.63, 3.8) is 0 Å². The van der Waals surface area contributed by atoms with Gasteiger partial charge < -0.3 is 15.4 Å². The zero-order valence-corrected chi connectivity index (χ0v) is 13.9. The van der Waals surface area contributed by atoms with Crippen LogP contribution in [0.3, 0.4) is 0 Å². The quantitative estimate of drug-likeness (QED) is 0.879. The van der Waals surface area contributed by atoms with Crippen molar-refractivity contribution in [2.45, 2.75) is 32.4 Å². The molecule has 6 nitrogen and oxygen atoms in total. The molecule has 122 valence electrons. The monoisotopic (exact) mass is 326 g/mol. The highest BCUT2D eigenvalue weighted by Gasteiger charge is 2.29. The molecule has 1 heterocycles. The zero-order valence-electron chi connectivity index (χ0n) is 13.0. The van der Waals surface area contributed by atoms with E-state index in [2.05, 4.69) is 10.6 Å². The van der Waals surface area contributed by atoms with Gasteiger partial charge in [-0.1, -0.05) is 17.7 Å². The molecule has 1 aliphatic heterocycles. The van der Waals surface area contributed by atoms with Crippen molar-refractivity contribution in [1.82, 2.24) is 10.6 Å². The molecule has 7 heteroatoms. The molecule has 2 unspecified atom stereocenters. The number of ether oxygens (including phenoxy) is 1. The summed E-state index contributed by atoms with van der Waals surface area (Å²) in [6.07, 6.45) is 0.470. The van der Waals surface area contributed by atoms with Crippen LogP contribution < -0.4 is 15.4 Å². The average molecular weight is 326 g/mol. The summed E-state index contributed by atoms with van der Waals surface area (Å²) in [4.78, 5) is 12.0. The Labute approximate surface area is 131 Å². The van der Waals surface area contributed by atoms with E-state index in [1.165, 1.54) is 0 Å². The van der Waals surface area contributed by atoms with E-state index in [0.29, 0.717) is 12.2 Å². The molecule has 0 spiro atoms. The Balaban J connectivity index is 1.98. The molecule has 2 atom stereocenters. The number of methoxy groups -OCH3 is 1. The number of benzene rings is 1. The van der Waals surface area contributed by atoms with Gasteiger partial charge in [-0.3, -0.25) is 0 Å². The molecule has 0 saturated carbocycles. The Kier molecular flexibility index (Phi) is 4.95. The van der Waals surface area contributed by atoms with Crippen molar-refractivity contribution < 1.29 is 17.9 Å². The van der Waals surface area contributed by atoms with Crippen molar-refractivity contribution in [2.75, 3.05) is 18.6 Å². The van der Waals surface area contributed by atoms with Crippen LogP contribution >= 0.6 is 0 Å². The summed E-state index contributed by atoms with van der Waals surface area (Å²) < 4.78 is 28.1. The minimum Gasteiger partial charge on any atom is -0.496 e. The third-order valence-electron chi connectivity index (χ3n) is 3.77. The summed E-state index contributed by atoms with van der Waals surface area (Å²) in [6.45, 7) is 3.83. The number of aryl methyl sites for hydroxylation is 1. The van der Waals surface area contributed by atoms with Gasteiger partial charge in [0.2, 0.25) is 0 Å². The van der Waals surface area contributed by atoms with Gasteiger partial charge in [-0.2, -0.15) is 0 Å². The molecule has 2 amide bonds. The molecule has 1 aromatic carbocycles. The van der Waals surface area contributed by atoms with Gasteiger partial charge in [0.1, 0.15) is 5.75 Å². The molecule has 1 aliphatic rings. The van der Waals surface area contributed by atoms with E-state index in [9.17, 15) is 13.2 Å². The average Bonchev–Trinajstić information content (AvgIpc) is 2.77. The van der Waals surface area contributed by atoms with Gasteiger partial charge in [0, 0.05) is 11.6 Å². The van der Waals surface area contributed by atoms with Crippen LogP contribution in [0.5, 0.6) is 5.75 Å². The highest BCUT2D eigenvalue weighted by molar-refractivity contribution is 7.91. The van der Waals surface area contributed by atoms with Crippen molar-refractivity contribution in [3.05, 3.63) is 29.3 Å². The Morgan fingerprint density at radius 2 is 2.14 bits per heavy atom. The number of carbonyl (C=O) groups is 1. The fourth-order valence-electron chi connectivity index (χ4n) is 2.60. The molecular weight excluding hydrogens is 304 g/mol. The maximum atomic E-state index is 12.0. The summed E-state index contributed by atoms with van der Waals surface area (Å²) in [5, 5.41) is 5.54. The predicted octanol–water partition coefficient (Wildman–Crippen LogP) is 1.55. The number of hydrogen-bond donors (Lipinski definition) is 2. The molecule has 0 radical (unpaired) electrons. The Morgan fingerprint density at radius 1 is 1.41 bits per heavy atom.